The second-order valence-corrected chi connectivity index (χ2v) is 7.20. The number of carbonyl (C=O) groups excluding carboxylic acids is 1. The number of amides is 1. The smallest absolute Gasteiger partial charge is 0.226 e. The Balaban J connectivity index is 2.07. The third-order valence-corrected chi connectivity index (χ3v) is 5.45. The molecule has 4 nitrogen and oxygen atoms in total. The molecule has 0 spiro atoms. The first-order valence-electron chi connectivity index (χ1n) is 6.59. The molecule has 1 aromatic carbocycles. The van der Waals surface area contributed by atoms with Crippen LogP contribution in [0.2, 0.25) is 0 Å². The largest absolute Gasteiger partial charge is 0.359 e. The van der Waals surface area contributed by atoms with E-state index >= 15 is 0 Å². The van der Waals surface area contributed by atoms with Crippen LogP contribution in [-0.4, -0.2) is 22.1 Å². The molecule has 0 fully saturated rings. The predicted molar refractivity (Wildman–Crippen MR) is 85.9 cm³/mol. The van der Waals surface area contributed by atoms with Gasteiger partial charge in [-0.3, -0.25) is 9.00 Å². The number of rotatable bonds is 5. The summed E-state index contributed by atoms with van der Waals surface area (Å²) in [6.07, 6.45) is 0.275. The lowest BCUT2D eigenvalue weighted by Gasteiger charge is -2.05. The highest BCUT2D eigenvalue weighted by Gasteiger charge is 2.12. The molecule has 1 N–H and O–H groups in total. The molecule has 112 valence electrons. The minimum Gasteiger partial charge on any atom is -0.359 e. The highest BCUT2D eigenvalue weighted by atomic mass is 32.2. The number of nitrogens with one attached hydrogen (secondary N) is 1. The van der Waals surface area contributed by atoms with Crippen molar-refractivity contribution in [2.45, 2.75) is 30.9 Å². The van der Waals surface area contributed by atoms with E-state index in [1.807, 2.05) is 37.4 Å². The third-order valence-electron chi connectivity index (χ3n) is 3.04. The summed E-state index contributed by atoms with van der Waals surface area (Å²) in [5.41, 5.74) is 2.97. The van der Waals surface area contributed by atoms with Gasteiger partial charge in [-0.15, -0.1) is 11.3 Å². The van der Waals surface area contributed by atoms with Crippen LogP contribution >= 0.6 is 11.3 Å². The molecule has 1 atom stereocenters. The molecule has 0 saturated heterocycles. The number of nitrogens with zero attached hydrogens (tertiary/aromatic N) is 1. The van der Waals surface area contributed by atoms with E-state index in [1.165, 1.54) is 11.3 Å². The summed E-state index contributed by atoms with van der Waals surface area (Å²) in [5.74, 6) is 0.320. The summed E-state index contributed by atoms with van der Waals surface area (Å²) in [4.78, 5) is 16.5. The lowest BCUT2D eigenvalue weighted by atomic mass is 10.2. The maximum atomic E-state index is 12.4. The van der Waals surface area contributed by atoms with E-state index in [1.54, 1.807) is 7.05 Å². The zero-order valence-corrected chi connectivity index (χ0v) is 13.9. The van der Waals surface area contributed by atoms with Gasteiger partial charge in [0.2, 0.25) is 5.91 Å². The molecule has 2 rings (SSSR count). The summed E-state index contributed by atoms with van der Waals surface area (Å²) in [6, 6.07) is 5.92. The topological polar surface area (TPSA) is 59.1 Å². The van der Waals surface area contributed by atoms with E-state index < -0.39 is 10.8 Å². The van der Waals surface area contributed by atoms with Gasteiger partial charge in [-0.1, -0.05) is 17.7 Å². The number of carbonyl (C=O) groups is 1. The molecule has 0 bridgehead atoms. The Bertz CT molecular complexity index is 680. The molecule has 1 heterocycles. The lowest BCUT2D eigenvalue weighted by Crippen LogP contribution is -2.19. The predicted octanol–water partition coefficient (Wildman–Crippen LogP) is 2.36. The Morgan fingerprint density at radius 2 is 2.14 bits per heavy atom. The third kappa shape index (κ3) is 4.22. The number of hydrogen-bond acceptors (Lipinski definition) is 4. The second-order valence-electron chi connectivity index (χ2n) is 4.84. The standard InChI is InChI=1S/C15H18N2O2S2/c1-10-4-5-13(11(2)6-10)21(19)9-12-8-20-15(17-12)7-14(18)16-3/h4-6,8H,7,9H2,1-3H3,(H,16,18)/t21-/m1/s1. The lowest BCUT2D eigenvalue weighted by molar-refractivity contribution is -0.119. The van der Waals surface area contributed by atoms with Crippen molar-refractivity contribution in [3.8, 4) is 0 Å². The normalized spacial score (nSPS) is 12.1. The minimum atomic E-state index is -1.11. The van der Waals surface area contributed by atoms with Gasteiger partial charge in [0.15, 0.2) is 0 Å². The number of aryl methyl sites for hydroxylation is 2. The highest BCUT2D eigenvalue weighted by molar-refractivity contribution is 7.84. The number of aromatic nitrogens is 1. The molecule has 21 heavy (non-hydrogen) atoms. The van der Waals surface area contributed by atoms with Crippen LogP contribution in [-0.2, 0) is 27.8 Å². The van der Waals surface area contributed by atoms with Crippen molar-refractivity contribution in [3.63, 3.8) is 0 Å². The maximum absolute atomic E-state index is 12.4. The average molecular weight is 322 g/mol. The van der Waals surface area contributed by atoms with Crippen molar-refractivity contribution in [2.24, 2.45) is 0 Å². The molecule has 0 aliphatic carbocycles. The van der Waals surface area contributed by atoms with E-state index in [9.17, 15) is 9.00 Å². The van der Waals surface area contributed by atoms with Crippen LogP contribution in [0.5, 0.6) is 0 Å². The number of benzene rings is 1. The molecular weight excluding hydrogens is 304 g/mol. The van der Waals surface area contributed by atoms with Gasteiger partial charge in [0, 0.05) is 17.3 Å². The SMILES string of the molecule is CNC(=O)Cc1nc(C[S@@](=O)c2ccc(C)cc2C)cs1. The molecule has 1 amide bonds. The van der Waals surface area contributed by atoms with Crippen LogP contribution in [0.1, 0.15) is 21.8 Å². The molecule has 0 saturated carbocycles. The molecule has 1 aromatic heterocycles. The molecule has 0 aliphatic heterocycles. The maximum Gasteiger partial charge on any atom is 0.226 e. The van der Waals surface area contributed by atoms with Crippen molar-refractivity contribution in [1.82, 2.24) is 10.3 Å². The van der Waals surface area contributed by atoms with Crippen molar-refractivity contribution < 1.29 is 9.00 Å². The number of hydrogen-bond donors (Lipinski definition) is 1. The fourth-order valence-corrected chi connectivity index (χ4v) is 4.10. The van der Waals surface area contributed by atoms with Crippen LogP contribution in [0, 0.1) is 13.8 Å². The molecule has 6 heteroatoms. The van der Waals surface area contributed by atoms with Crippen molar-refractivity contribution in [1.29, 1.82) is 0 Å². The van der Waals surface area contributed by atoms with E-state index in [-0.39, 0.29) is 12.3 Å². The van der Waals surface area contributed by atoms with Gasteiger partial charge in [0.05, 0.1) is 28.7 Å². The molecule has 0 unspecified atom stereocenters. The number of thiazole rings is 1. The summed E-state index contributed by atoms with van der Waals surface area (Å²) in [6.45, 7) is 3.99. The monoisotopic (exact) mass is 322 g/mol. The van der Waals surface area contributed by atoms with Gasteiger partial charge in [-0.05, 0) is 25.5 Å². The molecular formula is C15H18N2O2S2. The van der Waals surface area contributed by atoms with Gasteiger partial charge in [-0.25, -0.2) is 4.98 Å². The van der Waals surface area contributed by atoms with Crippen LogP contribution in [0.25, 0.3) is 0 Å². The minimum absolute atomic E-state index is 0.0635. The quantitative estimate of drug-likeness (QED) is 0.919. The van der Waals surface area contributed by atoms with Crippen LogP contribution in [0.4, 0.5) is 0 Å². The molecule has 0 radical (unpaired) electrons. The van der Waals surface area contributed by atoms with Crippen molar-refractivity contribution in [3.05, 3.63) is 45.4 Å². The van der Waals surface area contributed by atoms with Gasteiger partial charge >= 0.3 is 0 Å². The van der Waals surface area contributed by atoms with Gasteiger partial charge < -0.3 is 5.32 Å². The zero-order valence-electron chi connectivity index (χ0n) is 12.3. The Morgan fingerprint density at radius 1 is 1.38 bits per heavy atom. The highest BCUT2D eigenvalue weighted by Crippen LogP contribution is 2.19. The summed E-state index contributed by atoms with van der Waals surface area (Å²) in [5, 5.41) is 5.20. The van der Waals surface area contributed by atoms with E-state index in [2.05, 4.69) is 10.3 Å². The van der Waals surface area contributed by atoms with Crippen molar-refractivity contribution in [2.75, 3.05) is 7.05 Å². The fraction of sp³-hybridized carbons (Fsp3) is 0.333. The summed E-state index contributed by atoms with van der Waals surface area (Å²) < 4.78 is 12.4. The molecule has 0 aliphatic rings. The van der Waals surface area contributed by atoms with Crippen LogP contribution in [0.3, 0.4) is 0 Å². The Labute approximate surface area is 131 Å². The first kappa shape index (κ1) is 15.9. The van der Waals surface area contributed by atoms with Crippen LogP contribution < -0.4 is 5.32 Å². The first-order chi connectivity index (χ1) is 9.99. The zero-order chi connectivity index (χ0) is 15.4. The Morgan fingerprint density at radius 3 is 2.81 bits per heavy atom. The second kappa shape index (κ2) is 6.95. The Kier molecular flexibility index (Phi) is 5.25. The molecule has 2 aromatic rings. The van der Waals surface area contributed by atoms with Gasteiger partial charge in [0.1, 0.15) is 5.01 Å². The van der Waals surface area contributed by atoms with E-state index in [0.717, 1.165) is 26.7 Å². The van der Waals surface area contributed by atoms with E-state index in [4.69, 9.17) is 0 Å². The van der Waals surface area contributed by atoms with Gasteiger partial charge in [0.25, 0.3) is 0 Å². The summed E-state index contributed by atoms with van der Waals surface area (Å²) in [7, 11) is 0.491. The first-order valence-corrected chi connectivity index (χ1v) is 8.79. The average Bonchev–Trinajstić information content (AvgIpc) is 2.85. The number of likely N-dealkylation sites (N-methyl/N-ethyl adjacent to an activating group) is 1. The van der Waals surface area contributed by atoms with E-state index in [0.29, 0.717) is 5.75 Å². The van der Waals surface area contributed by atoms with Gasteiger partial charge in [-0.2, -0.15) is 0 Å². The van der Waals surface area contributed by atoms with Crippen molar-refractivity contribution >= 4 is 28.0 Å². The summed E-state index contributed by atoms with van der Waals surface area (Å²) >= 11 is 1.43. The van der Waals surface area contributed by atoms with Crippen LogP contribution in [0.15, 0.2) is 28.5 Å². The Hall–Kier alpha value is -1.53. The fourth-order valence-electron chi connectivity index (χ4n) is 1.99.